The molecule has 1 saturated heterocycles. The Bertz CT molecular complexity index is 1120. The van der Waals surface area contributed by atoms with E-state index in [1.807, 2.05) is 52.9 Å². The van der Waals surface area contributed by atoms with Crippen LogP contribution in [0.2, 0.25) is 0 Å². The van der Waals surface area contributed by atoms with Gasteiger partial charge in [0.15, 0.2) is 23.1 Å². The highest BCUT2D eigenvalue weighted by atomic mass is 16.7. The number of amides is 1. The number of benzene rings is 1. The molecule has 0 unspecified atom stereocenters. The van der Waals surface area contributed by atoms with Crippen LogP contribution in [0.1, 0.15) is 11.4 Å². The standard InChI is InChI=1S/C22H22N6O3/c1-16-23-8-9-28(16)21-6-5-20(24-25-21)26-10-12-27(13-11-26)22(29)7-3-17-2-4-18-19(14-17)31-15-30-18/h2-9,14H,10-13,15H2,1H3/b7-3+. The normalized spacial score (nSPS) is 15.6. The molecule has 3 aromatic rings. The van der Waals surface area contributed by atoms with Crippen molar-refractivity contribution in [2.24, 2.45) is 0 Å². The summed E-state index contributed by atoms with van der Waals surface area (Å²) in [5, 5.41) is 8.68. The zero-order valence-corrected chi connectivity index (χ0v) is 17.1. The second-order valence-electron chi connectivity index (χ2n) is 7.35. The summed E-state index contributed by atoms with van der Waals surface area (Å²) in [5.74, 6) is 3.84. The zero-order chi connectivity index (χ0) is 21.2. The lowest BCUT2D eigenvalue weighted by atomic mass is 10.2. The van der Waals surface area contributed by atoms with Crippen LogP contribution in [-0.4, -0.2) is 63.5 Å². The summed E-state index contributed by atoms with van der Waals surface area (Å²) in [6.45, 7) is 4.85. The van der Waals surface area contributed by atoms with Gasteiger partial charge in [-0.2, -0.15) is 0 Å². The van der Waals surface area contributed by atoms with Crippen LogP contribution in [-0.2, 0) is 4.79 Å². The number of carbonyl (C=O) groups is 1. The van der Waals surface area contributed by atoms with Gasteiger partial charge in [0.25, 0.3) is 0 Å². The molecule has 0 spiro atoms. The van der Waals surface area contributed by atoms with Crippen LogP contribution in [0, 0.1) is 6.92 Å². The van der Waals surface area contributed by atoms with E-state index in [-0.39, 0.29) is 12.7 Å². The lowest BCUT2D eigenvalue weighted by Gasteiger charge is -2.34. The molecule has 0 radical (unpaired) electrons. The molecule has 158 valence electrons. The van der Waals surface area contributed by atoms with Crippen LogP contribution in [0.15, 0.2) is 48.8 Å². The molecule has 2 aliphatic rings. The maximum Gasteiger partial charge on any atom is 0.246 e. The second kappa shape index (κ2) is 8.10. The molecule has 9 nitrogen and oxygen atoms in total. The number of piperazine rings is 1. The van der Waals surface area contributed by atoms with Crippen LogP contribution in [0.25, 0.3) is 11.9 Å². The van der Waals surface area contributed by atoms with Crippen LogP contribution in [0.4, 0.5) is 5.82 Å². The van der Waals surface area contributed by atoms with E-state index in [2.05, 4.69) is 20.1 Å². The Hall–Kier alpha value is -3.88. The third-order valence-electron chi connectivity index (χ3n) is 5.44. The SMILES string of the molecule is Cc1nccn1-c1ccc(N2CCN(C(=O)/C=C/c3ccc4c(c3)OCO4)CC2)nn1. The van der Waals surface area contributed by atoms with Gasteiger partial charge in [-0.15, -0.1) is 10.2 Å². The van der Waals surface area contributed by atoms with Crippen LogP contribution >= 0.6 is 0 Å². The summed E-state index contributed by atoms with van der Waals surface area (Å²) in [4.78, 5) is 20.8. The van der Waals surface area contributed by atoms with Crippen LogP contribution in [0.3, 0.4) is 0 Å². The minimum absolute atomic E-state index is 0.00525. The Morgan fingerprint density at radius 1 is 1.00 bits per heavy atom. The van der Waals surface area contributed by atoms with Crippen molar-refractivity contribution >= 4 is 17.8 Å². The highest BCUT2D eigenvalue weighted by Crippen LogP contribution is 2.32. The van der Waals surface area contributed by atoms with Gasteiger partial charge in [-0.3, -0.25) is 9.36 Å². The van der Waals surface area contributed by atoms with Gasteiger partial charge in [0.05, 0.1) is 0 Å². The Balaban J connectivity index is 1.17. The van der Waals surface area contributed by atoms with Crippen molar-refractivity contribution in [1.82, 2.24) is 24.6 Å². The van der Waals surface area contributed by atoms with E-state index >= 15 is 0 Å². The monoisotopic (exact) mass is 418 g/mol. The number of aromatic nitrogens is 4. The predicted molar refractivity (Wildman–Crippen MR) is 114 cm³/mol. The summed E-state index contributed by atoms with van der Waals surface area (Å²) >= 11 is 0. The maximum absolute atomic E-state index is 12.6. The molecule has 2 aliphatic heterocycles. The average Bonchev–Trinajstić information content (AvgIpc) is 3.46. The number of hydrogen-bond donors (Lipinski definition) is 0. The van der Waals surface area contributed by atoms with E-state index in [4.69, 9.17) is 9.47 Å². The van der Waals surface area contributed by atoms with Crippen LogP contribution < -0.4 is 14.4 Å². The molecule has 31 heavy (non-hydrogen) atoms. The second-order valence-corrected chi connectivity index (χ2v) is 7.35. The minimum Gasteiger partial charge on any atom is -0.454 e. The lowest BCUT2D eigenvalue weighted by Crippen LogP contribution is -2.48. The van der Waals surface area contributed by atoms with Gasteiger partial charge in [0, 0.05) is 44.6 Å². The van der Waals surface area contributed by atoms with Crippen molar-refractivity contribution in [1.29, 1.82) is 0 Å². The third-order valence-corrected chi connectivity index (χ3v) is 5.44. The topological polar surface area (TPSA) is 85.6 Å². The van der Waals surface area contributed by atoms with E-state index < -0.39 is 0 Å². The fraction of sp³-hybridized carbons (Fsp3) is 0.273. The summed E-state index contributed by atoms with van der Waals surface area (Å²) in [5.41, 5.74) is 0.903. The lowest BCUT2D eigenvalue weighted by molar-refractivity contribution is -0.126. The van der Waals surface area contributed by atoms with Crippen molar-refractivity contribution in [2.45, 2.75) is 6.92 Å². The number of hydrogen-bond acceptors (Lipinski definition) is 7. The first-order chi connectivity index (χ1) is 15.2. The molecule has 0 bridgehead atoms. The number of ether oxygens (including phenoxy) is 2. The molecule has 9 heteroatoms. The number of imidazole rings is 1. The summed E-state index contributed by atoms with van der Waals surface area (Å²) in [7, 11) is 0. The highest BCUT2D eigenvalue weighted by Gasteiger charge is 2.21. The van der Waals surface area contributed by atoms with E-state index in [1.165, 1.54) is 0 Å². The van der Waals surface area contributed by atoms with Crippen molar-refractivity contribution in [2.75, 3.05) is 37.9 Å². The first kappa shape index (κ1) is 19.1. The molecule has 0 aliphatic carbocycles. The predicted octanol–water partition coefficient (Wildman–Crippen LogP) is 2.06. The first-order valence-corrected chi connectivity index (χ1v) is 10.1. The average molecular weight is 418 g/mol. The van der Waals surface area contributed by atoms with E-state index in [0.717, 1.165) is 28.8 Å². The number of fused-ring (bicyclic) bond motifs is 1. The number of nitrogens with zero attached hydrogens (tertiary/aromatic N) is 6. The molecule has 1 amide bonds. The van der Waals surface area contributed by atoms with Crippen molar-refractivity contribution in [3.63, 3.8) is 0 Å². The van der Waals surface area contributed by atoms with Gasteiger partial charge in [-0.1, -0.05) is 6.07 Å². The minimum atomic E-state index is -0.00525. The largest absolute Gasteiger partial charge is 0.454 e. The van der Waals surface area contributed by atoms with Gasteiger partial charge < -0.3 is 19.3 Å². The summed E-state index contributed by atoms with van der Waals surface area (Å²) in [6, 6.07) is 9.52. The van der Waals surface area contributed by atoms with E-state index in [0.29, 0.717) is 31.9 Å². The number of rotatable bonds is 4. The molecular weight excluding hydrogens is 396 g/mol. The molecule has 2 aromatic heterocycles. The first-order valence-electron chi connectivity index (χ1n) is 10.1. The molecule has 4 heterocycles. The van der Waals surface area contributed by atoms with Crippen molar-refractivity contribution in [3.8, 4) is 17.3 Å². The Kier molecular flexibility index (Phi) is 4.99. The van der Waals surface area contributed by atoms with Crippen molar-refractivity contribution < 1.29 is 14.3 Å². The highest BCUT2D eigenvalue weighted by molar-refractivity contribution is 5.92. The van der Waals surface area contributed by atoms with Gasteiger partial charge in [0.2, 0.25) is 12.7 Å². The Labute approximate surface area is 179 Å². The van der Waals surface area contributed by atoms with E-state index in [9.17, 15) is 4.79 Å². The summed E-state index contributed by atoms with van der Waals surface area (Å²) in [6.07, 6.45) is 7.01. The quantitative estimate of drug-likeness (QED) is 0.600. The Morgan fingerprint density at radius 2 is 1.77 bits per heavy atom. The molecule has 1 aromatic carbocycles. The number of anilines is 1. The van der Waals surface area contributed by atoms with E-state index in [1.54, 1.807) is 18.3 Å². The molecule has 5 rings (SSSR count). The number of aryl methyl sites for hydroxylation is 1. The molecule has 1 fully saturated rings. The van der Waals surface area contributed by atoms with Gasteiger partial charge >= 0.3 is 0 Å². The summed E-state index contributed by atoms with van der Waals surface area (Å²) < 4.78 is 12.6. The smallest absolute Gasteiger partial charge is 0.246 e. The molecule has 0 N–H and O–H groups in total. The van der Waals surface area contributed by atoms with Gasteiger partial charge in [-0.05, 0) is 42.8 Å². The molecule has 0 atom stereocenters. The fourth-order valence-electron chi connectivity index (χ4n) is 3.68. The maximum atomic E-state index is 12.6. The fourth-order valence-corrected chi connectivity index (χ4v) is 3.68. The third kappa shape index (κ3) is 3.94. The number of carbonyl (C=O) groups excluding carboxylic acids is 1. The van der Waals surface area contributed by atoms with Gasteiger partial charge in [-0.25, -0.2) is 4.98 Å². The van der Waals surface area contributed by atoms with Crippen molar-refractivity contribution in [3.05, 3.63) is 60.2 Å². The van der Waals surface area contributed by atoms with Crippen LogP contribution in [0.5, 0.6) is 11.5 Å². The zero-order valence-electron chi connectivity index (χ0n) is 17.1. The molecule has 0 saturated carbocycles. The Morgan fingerprint density at radius 3 is 2.52 bits per heavy atom. The van der Waals surface area contributed by atoms with Gasteiger partial charge in [0.1, 0.15) is 5.82 Å². The molecular formula is C22H22N6O3.